The van der Waals surface area contributed by atoms with Gasteiger partial charge in [-0.2, -0.15) is 0 Å². The quantitative estimate of drug-likeness (QED) is 0.171. The smallest absolute Gasteiger partial charge is 0.0494 e. The maximum Gasteiger partial charge on any atom is 0.0494 e. The average molecular weight is 813 g/mol. The number of aryl methyl sites for hydroxylation is 1. The summed E-state index contributed by atoms with van der Waals surface area (Å²) in [4.78, 5) is 5.98. The van der Waals surface area contributed by atoms with E-state index in [2.05, 4.69) is 176 Å². The monoisotopic (exact) mass is 812 g/mol. The van der Waals surface area contributed by atoms with Crippen molar-refractivity contribution in [2.45, 2.75) is 41.2 Å². The molecule has 9 aromatic rings. The molecular weight excluding hydrogens is 777 g/mol. The molecule has 0 nitrogen and oxygen atoms in total. The molecule has 4 heteroatoms. The number of fused-ring (bicyclic) bond motifs is 14. The highest BCUT2D eigenvalue weighted by molar-refractivity contribution is 8.00. The van der Waals surface area contributed by atoms with Crippen molar-refractivity contribution in [1.29, 1.82) is 0 Å². The molecule has 0 N–H and O–H groups in total. The molecule has 3 atom stereocenters. The summed E-state index contributed by atoms with van der Waals surface area (Å²) in [6.07, 6.45) is 15.5. The van der Waals surface area contributed by atoms with Gasteiger partial charge >= 0.3 is 0 Å². The van der Waals surface area contributed by atoms with Crippen LogP contribution in [0.1, 0.15) is 50.1 Å². The van der Waals surface area contributed by atoms with Gasteiger partial charge < -0.3 is 0 Å². The number of thioether (sulfide) groups is 1. The molecule has 13 rings (SSSR count). The van der Waals surface area contributed by atoms with Crippen molar-refractivity contribution in [3.05, 3.63) is 196 Å². The van der Waals surface area contributed by atoms with Crippen molar-refractivity contribution >= 4 is 87.7 Å². The van der Waals surface area contributed by atoms with Crippen LogP contribution in [0.2, 0.25) is 0 Å². The molecule has 4 aliphatic rings. The summed E-state index contributed by atoms with van der Waals surface area (Å²) in [6, 6.07) is 50.1. The molecule has 1 aliphatic heterocycles. The minimum atomic E-state index is 0.378. The third kappa shape index (κ3) is 5.25. The zero-order valence-electron chi connectivity index (χ0n) is 31.6. The largest absolute Gasteiger partial charge is 0.134 e. The van der Waals surface area contributed by atoms with Crippen LogP contribution in [0.15, 0.2) is 163 Å². The topological polar surface area (TPSA) is 0 Å². The second kappa shape index (κ2) is 13.1. The van der Waals surface area contributed by atoms with E-state index in [0.717, 1.165) is 19.3 Å². The van der Waals surface area contributed by atoms with Gasteiger partial charge in [-0.1, -0.05) is 133 Å². The molecule has 3 aromatic heterocycles. The summed E-state index contributed by atoms with van der Waals surface area (Å²) in [6.45, 7) is 0. The van der Waals surface area contributed by atoms with Gasteiger partial charge in [-0.15, -0.1) is 45.8 Å². The molecule has 0 saturated heterocycles. The van der Waals surface area contributed by atoms with E-state index in [1.165, 1.54) is 94.3 Å². The Hall–Kier alpha value is -5.23. The molecular formula is C54H36S4. The first-order chi connectivity index (χ1) is 28.7. The number of allylic oxidation sites excluding steroid dienone is 4. The normalized spacial score (nSPS) is 18.9. The molecule has 0 radical (unpaired) electrons. The first kappa shape index (κ1) is 33.7. The Morgan fingerprint density at radius 1 is 0.500 bits per heavy atom. The summed E-state index contributed by atoms with van der Waals surface area (Å²) < 4.78 is 4.23. The first-order valence-electron chi connectivity index (χ1n) is 20.4. The van der Waals surface area contributed by atoms with E-state index in [0.29, 0.717) is 17.1 Å². The molecule has 276 valence electrons. The molecule has 0 amide bonds. The number of hydrogen-bond donors (Lipinski definition) is 0. The van der Waals surface area contributed by atoms with Gasteiger partial charge in [0.15, 0.2) is 0 Å². The van der Waals surface area contributed by atoms with Gasteiger partial charge in [0.2, 0.25) is 0 Å². The van der Waals surface area contributed by atoms with Crippen molar-refractivity contribution in [1.82, 2.24) is 0 Å². The van der Waals surface area contributed by atoms with Crippen LogP contribution < -0.4 is 0 Å². The van der Waals surface area contributed by atoms with Gasteiger partial charge in [-0.3, -0.25) is 0 Å². The molecule has 6 aromatic carbocycles. The predicted octanol–water partition coefficient (Wildman–Crippen LogP) is 16.0. The second-order valence-corrected chi connectivity index (χ2v) is 20.5. The highest BCUT2D eigenvalue weighted by atomic mass is 32.2. The van der Waals surface area contributed by atoms with E-state index in [1.807, 2.05) is 34.0 Å². The fourth-order valence-electron chi connectivity index (χ4n) is 10.0. The minimum Gasteiger partial charge on any atom is -0.134 e. The van der Waals surface area contributed by atoms with Crippen molar-refractivity contribution < 1.29 is 0 Å². The maximum atomic E-state index is 2.50. The van der Waals surface area contributed by atoms with Crippen molar-refractivity contribution in [3.63, 3.8) is 0 Å². The van der Waals surface area contributed by atoms with Crippen LogP contribution in [-0.2, 0) is 19.3 Å². The van der Waals surface area contributed by atoms with E-state index in [-0.39, 0.29) is 0 Å². The Bertz CT molecular complexity index is 3240. The van der Waals surface area contributed by atoms with Gasteiger partial charge in [0, 0.05) is 61.5 Å². The summed E-state index contributed by atoms with van der Waals surface area (Å²) in [5.41, 5.74) is 15.5. The molecule has 0 spiro atoms. The minimum absolute atomic E-state index is 0.378. The van der Waals surface area contributed by atoms with Gasteiger partial charge in [0.1, 0.15) is 0 Å². The van der Waals surface area contributed by atoms with E-state index < -0.39 is 0 Å². The Balaban J connectivity index is 0.800. The third-order valence-corrected chi connectivity index (χ3v) is 18.3. The van der Waals surface area contributed by atoms with Crippen LogP contribution in [0.25, 0.3) is 73.9 Å². The SMILES string of the molecule is C1=CC2Sc3c(ccc4c3sc3ccc(-c5cccc(C6C=Cc7sc8c(c7C6)CCc6c-8sc7ccc(-c8ccccc8)cc67)c5)cc34)C2C=C1c1ccccc1. The highest BCUT2D eigenvalue weighted by Crippen LogP contribution is 2.55. The van der Waals surface area contributed by atoms with Gasteiger partial charge in [0.25, 0.3) is 0 Å². The molecule has 58 heavy (non-hydrogen) atoms. The van der Waals surface area contributed by atoms with Crippen LogP contribution in [0, 0.1) is 0 Å². The molecule has 0 saturated carbocycles. The maximum absolute atomic E-state index is 2.50. The molecule has 0 bridgehead atoms. The van der Waals surface area contributed by atoms with E-state index in [1.54, 1.807) is 16.7 Å². The standard InChI is InChI=1S/C54H36S4/c1-3-8-31(9-4-1)35-14-22-47-43(27-35)39-18-20-41-45-29-37(16-24-49(45)57-53(41)51(39)55-47)33-12-7-13-34(26-33)38-17-25-50-46(30-38)42-21-19-40-44-28-36(32-10-5-2-6-11-32)15-23-48(44)56-52(40)54(42)58-50/h1-18,20,22-29,38,43,47H,19,21,30H2. The lowest BCUT2D eigenvalue weighted by Gasteiger charge is -2.21. The van der Waals surface area contributed by atoms with Crippen molar-refractivity contribution in [2.75, 3.05) is 0 Å². The van der Waals surface area contributed by atoms with Gasteiger partial charge in [-0.05, 0) is 116 Å². The number of rotatable bonds is 4. The van der Waals surface area contributed by atoms with Crippen molar-refractivity contribution in [2.24, 2.45) is 0 Å². The van der Waals surface area contributed by atoms with Gasteiger partial charge in [0.05, 0.1) is 0 Å². The Kier molecular flexibility index (Phi) is 7.64. The van der Waals surface area contributed by atoms with Crippen LogP contribution in [0.5, 0.6) is 0 Å². The predicted molar refractivity (Wildman–Crippen MR) is 254 cm³/mol. The third-order valence-electron chi connectivity index (χ3n) is 13.0. The lowest BCUT2D eigenvalue weighted by atomic mass is 9.83. The molecule has 3 aliphatic carbocycles. The van der Waals surface area contributed by atoms with E-state index in [9.17, 15) is 0 Å². The summed E-state index contributed by atoms with van der Waals surface area (Å²) in [5, 5.41) is 4.68. The fourth-order valence-corrected chi connectivity index (χ4v) is 15.5. The average Bonchev–Trinajstić information content (AvgIpc) is 4.06. The molecule has 4 heterocycles. The van der Waals surface area contributed by atoms with Crippen LogP contribution in [0.3, 0.4) is 0 Å². The van der Waals surface area contributed by atoms with E-state index >= 15 is 0 Å². The lowest BCUT2D eigenvalue weighted by Crippen LogP contribution is -2.08. The molecule has 0 fully saturated rings. The molecule has 3 unspecified atom stereocenters. The first-order valence-corrected chi connectivity index (χ1v) is 23.7. The van der Waals surface area contributed by atoms with Crippen molar-refractivity contribution in [3.8, 4) is 32.0 Å². The highest BCUT2D eigenvalue weighted by Gasteiger charge is 2.35. The number of hydrogen-bond acceptors (Lipinski definition) is 4. The Morgan fingerprint density at radius 2 is 1.22 bits per heavy atom. The zero-order chi connectivity index (χ0) is 37.9. The number of thiophene rings is 3. The zero-order valence-corrected chi connectivity index (χ0v) is 34.8. The summed E-state index contributed by atoms with van der Waals surface area (Å²) >= 11 is 8.05. The van der Waals surface area contributed by atoms with Gasteiger partial charge in [-0.25, -0.2) is 0 Å². The van der Waals surface area contributed by atoms with Crippen LogP contribution in [0.4, 0.5) is 0 Å². The number of benzene rings is 6. The fraction of sp³-hybridized carbons (Fsp3) is 0.111. The lowest BCUT2D eigenvalue weighted by molar-refractivity contribution is 0.812. The Morgan fingerprint density at radius 3 is 2.09 bits per heavy atom. The van der Waals surface area contributed by atoms with Crippen LogP contribution in [-0.4, -0.2) is 5.25 Å². The summed E-state index contributed by atoms with van der Waals surface area (Å²) in [7, 11) is 0. The summed E-state index contributed by atoms with van der Waals surface area (Å²) in [5.74, 6) is 0.794. The van der Waals surface area contributed by atoms with Crippen LogP contribution >= 0.6 is 45.8 Å². The second-order valence-electron chi connectivity index (χ2n) is 16.2. The Labute approximate surface area is 354 Å². The van der Waals surface area contributed by atoms with E-state index in [4.69, 9.17) is 0 Å².